The molecule has 1 heterocycles. The van der Waals surface area contributed by atoms with Crippen molar-refractivity contribution in [2.75, 3.05) is 26.2 Å². The van der Waals surface area contributed by atoms with Crippen molar-refractivity contribution in [3.63, 3.8) is 0 Å². The third-order valence-electron chi connectivity index (χ3n) is 2.87. The van der Waals surface area contributed by atoms with Crippen molar-refractivity contribution in [3.8, 4) is 0 Å². The second-order valence-electron chi connectivity index (χ2n) is 4.14. The Morgan fingerprint density at radius 2 is 1.89 bits per heavy atom. The molecule has 1 amide bonds. The summed E-state index contributed by atoms with van der Waals surface area (Å²) in [6.45, 7) is 2.83. The summed E-state index contributed by atoms with van der Waals surface area (Å²) < 4.78 is 26.7. The van der Waals surface area contributed by atoms with Crippen molar-refractivity contribution >= 4 is 40.9 Å². The molecule has 0 atom stereocenters. The molecule has 0 aromatic heterocycles. The predicted octanol–water partition coefficient (Wildman–Crippen LogP) is 2.43. The molecule has 1 N–H and O–H groups in total. The van der Waals surface area contributed by atoms with Gasteiger partial charge in [0.2, 0.25) is 0 Å². The van der Waals surface area contributed by atoms with Crippen LogP contribution in [-0.2, 0) is 0 Å². The summed E-state index contributed by atoms with van der Waals surface area (Å²) in [6, 6.07) is 2.04. The van der Waals surface area contributed by atoms with Crippen LogP contribution in [0.3, 0.4) is 0 Å². The van der Waals surface area contributed by atoms with E-state index in [0.717, 1.165) is 31.6 Å². The molecule has 0 radical (unpaired) electrons. The van der Waals surface area contributed by atoms with Gasteiger partial charge in [0, 0.05) is 23.2 Å². The second kappa shape index (κ2) is 7.35. The van der Waals surface area contributed by atoms with Crippen LogP contribution in [0.4, 0.5) is 8.78 Å². The number of hydrogen-bond acceptors (Lipinski definition) is 2. The Hall–Kier alpha value is -0.470. The Bertz CT molecular complexity index is 465. The zero-order chi connectivity index (χ0) is 13.1. The monoisotopic (exact) mass is 402 g/mol. The smallest absolute Gasteiger partial charge is 0.255 e. The zero-order valence-corrected chi connectivity index (χ0v) is 13.1. The highest BCUT2D eigenvalue weighted by Gasteiger charge is 2.21. The number of rotatable bonds is 1. The molecule has 106 valence electrons. The van der Waals surface area contributed by atoms with Gasteiger partial charge in [0.15, 0.2) is 11.6 Å². The Balaban J connectivity index is 0.00000180. The lowest BCUT2D eigenvalue weighted by atomic mass is 10.2. The number of benzene rings is 1. The van der Waals surface area contributed by atoms with E-state index < -0.39 is 11.6 Å². The van der Waals surface area contributed by atoms with E-state index in [1.54, 1.807) is 4.90 Å². The predicted molar refractivity (Wildman–Crippen MR) is 79.7 cm³/mol. The Morgan fingerprint density at radius 1 is 1.21 bits per heavy atom. The van der Waals surface area contributed by atoms with Gasteiger partial charge in [-0.15, -0.1) is 12.4 Å². The minimum atomic E-state index is -0.980. The number of halogens is 4. The molecule has 1 aromatic carbocycles. The van der Waals surface area contributed by atoms with Crippen molar-refractivity contribution in [2.45, 2.75) is 6.42 Å². The minimum absolute atomic E-state index is 0. The molecule has 3 nitrogen and oxygen atoms in total. The first kappa shape index (κ1) is 16.6. The molecule has 0 aliphatic carbocycles. The fourth-order valence-electron chi connectivity index (χ4n) is 1.91. The molecular weight excluding hydrogens is 388 g/mol. The number of hydrogen-bond donors (Lipinski definition) is 1. The first-order chi connectivity index (χ1) is 8.59. The largest absolute Gasteiger partial charge is 0.337 e. The summed E-state index contributed by atoms with van der Waals surface area (Å²) in [7, 11) is 0. The van der Waals surface area contributed by atoms with Gasteiger partial charge in [-0.25, -0.2) is 8.78 Å². The fraction of sp³-hybridized carbons (Fsp3) is 0.417. The highest BCUT2D eigenvalue weighted by atomic mass is 127. The molecule has 19 heavy (non-hydrogen) atoms. The van der Waals surface area contributed by atoms with Crippen molar-refractivity contribution in [1.82, 2.24) is 10.2 Å². The van der Waals surface area contributed by atoms with E-state index in [2.05, 4.69) is 5.32 Å². The summed E-state index contributed by atoms with van der Waals surface area (Å²) in [5.41, 5.74) is 0.233. The lowest BCUT2D eigenvalue weighted by Gasteiger charge is -2.20. The number of nitrogens with one attached hydrogen (secondary N) is 1. The van der Waals surface area contributed by atoms with Gasteiger partial charge in [0.05, 0.1) is 5.56 Å². The van der Waals surface area contributed by atoms with E-state index in [1.165, 1.54) is 0 Å². The van der Waals surface area contributed by atoms with Crippen LogP contribution in [0.25, 0.3) is 0 Å². The maximum absolute atomic E-state index is 13.2. The SMILES string of the molecule is Cl.O=C(c1cc(F)c(F)cc1I)N1CCCNCC1. The lowest BCUT2D eigenvalue weighted by molar-refractivity contribution is 0.0764. The van der Waals surface area contributed by atoms with E-state index in [-0.39, 0.29) is 23.9 Å². The summed E-state index contributed by atoms with van der Waals surface area (Å²) in [6.07, 6.45) is 0.867. The third kappa shape index (κ3) is 4.00. The maximum atomic E-state index is 13.2. The summed E-state index contributed by atoms with van der Waals surface area (Å²) >= 11 is 1.85. The highest BCUT2D eigenvalue weighted by molar-refractivity contribution is 14.1. The fourth-order valence-corrected chi connectivity index (χ4v) is 2.57. The van der Waals surface area contributed by atoms with E-state index in [1.807, 2.05) is 22.6 Å². The van der Waals surface area contributed by atoms with Crippen LogP contribution in [0.5, 0.6) is 0 Å². The van der Waals surface area contributed by atoms with Crippen LogP contribution in [0, 0.1) is 15.2 Å². The van der Waals surface area contributed by atoms with Gasteiger partial charge in [0.25, 0.3) is 5.91 Å². The van der Waals surface area contributed by atoms with Crippen molar-refractivity contribution in [1.29, 1.82) is 0 Å². The van der Waals surface area contributed by atoms with E-state index in [0.29, 0.717) is 16.7 Å². The van der Waals surface area contributed by atoms with E-state index >= 15 is 0 Å². The van der Waals surface area contributed by atoms with Gasteiger partial charge < -0.3 is 10.2 Å². The van der Waals surface area contributed by atoms with Gasteiger partial charge >= 0.3 is 0 Å². The normalized spacial score (nSPS) is 15.6. The highest BCUT2D eigenvalue weighted by Crippen LogP contribution is 2.19. The Kier molecular flexibility index (Phi) is 6.41. The zero-order valence-electron chi connectivity index (χ0n) is 10.1. The van der Waals surface area contributed by atoms with Crippen molar-refractivity contribution in [3.05, 3.63) is 32.9 Å². The lowest BCUT2D eigenvalue weighted by Crippen LogP contribution is -2.34. The summed E-state index contributed by atoms with van der Waals surface area (Å²) in [4.78, 5) is 13.9. The van der Waals surface area contributed by atoms with Gasteiger partial charge in [-0.1, -0.05) is 0 Å². The molecule has 0 unspecified atom stereocenters. The van der Waals surface area contributed by atoms with E-state index in [9.17, 15) is 13.6 Å². The second-order valence-corrected chi connectivity index (χ2v) is 5.30. The standard InChI is InChI=1S/C12H13F2IN2O.ClH/c13-9-6-8(11(15)7-10(9)14)12(18)17-4-1-2-16-3-5-17;/h6-7,16H,1-5H2;1H. The number of amides is 1. The molecule has 0 bridgehead atoms. The van der Waals surface area contributed by atoms with Crippen LogP contribution >= 0.6 is 35.0 Å². The maximum Gasteiger partial charge on any atom is 0.255 e. The molecule has 0 saturated carbocycles. The first-order valence-corrected chi connectivity index (χ1v) is 6.82. The number of carbonyl (C=O) groups is 1. The van der Waals surface area contributed by atoms with Crippen LogP contribution in [0.2, 0.25) is 0 Å². The van der Waals surface area contributed by atoms with Gasteiger partial charge in [-0.2, -0.15) is 0 Å². The summed E-state index contributed by atoms with van der Waals surface area (Å²) in [5, 5.41) is 3.19. The minimum Gasteiger partial charge on any atom is -0.337 e. The quantitative estimate of drug-likeness (QED) is 0.578. The van der Waals surface area contributed by atoms with Crippen LogP contribution in [0.1, 0.15) is 16.8 Å². The molecule has 0 spiro atoms. The van der Waals surface area contributed by atoms with Gasteiger partial charge in [-0.3, -0.25) is 4.79 Å². The van der Waals surface area contributed by atoms with Gasteiger partial charge in [-0.05, 0) is 47.7 Å². The molecule has 1 aliphatic rings. The average Bonchev–Trinajstić information content (AvgIpc) is 2.61. The molecule has 1 aromatic rings. The van der Waals surface area contributed by atoms with Crippen LogP contribution in [0.15, 0.2) is 12.1 Å². The molecule has 7 heteroatoms. The number of nitrogens with zero attached hydrogens (tertiary/aromatic N) is 1. The molecule has 1 saturated heterocycles. The van der Waals surface area contributed by atoms with Crippen LogP contribution < -0.4 is 5.32 Å². The van der Waals surface area contributed by atoms with Crippen molar-refractivity contribution in [2.24, 2.45) is 0 Å². The molecule has 1 fully saturated rings. The average molecular weight is 403 g/mol. The Labute approximate surface area is 130 Å². The molecule has 1 aliphatic heterocycles. The molecule has 2 rings (SSSR count). The van der Waals surface area contributed by atoms with Crippen molar-refractivity contribution < 1.29 is 13.6 Å². The number of carbonyl (C=O) groups excluding carboxylic acids is 1. The van der Waals surface area contributed by atoms with Crippen LogP contribution in [-0.4, -0.2) is 37.0 Å². The first-order valence-electron chi connectivity index (χ1n) is 5.74. The molecular formula is C12H14ClF2IN2O. The van der Waals surface area contributed by atoms with E-state index in [4.69, 9.17) is 0 Å². The van der Waals surface area contributed by atoms with Gasteiger partial charge in [0.1, 0.15) is 0 Å². The topological polar surface area (TPSA) is 32.3 Å². The summed E-state index contributed by atoms with van der Waals surface area (Å²) in [5.74, 6) is -2.14. The Morgan fingerprint density at radius 3 is 2.63 bits per heavy atom. The third-order valence-corrected chi connectivity index (χ3v) is 3.76.